The molecule has 0 aliphatic heterocycles. The minimum atomic E-state index is -0.676. The molecule has 3 rings (SSSR count). The molecule has 0 saturated heterocycles. The van der Waals surface area contributed by atoms with Crippen LogP contribution in [0.2, 0.25) is 0 Å². The van der Waals surface area contributed by atoms with Gasteiger partial charge in [-0.15, -0.1) is 0 Å². The summed E-state index contributed by atoms with van der Waals surface area (Å²) in [7, 11) is 0. The van der Waals surface area contributed by atoms with Gasteiger partial charge in [-0.1, -0.05) is 45.0 Å². The van der Waals surface area contributed by atoms with Crippen LogP contribution in [0, 0.1) is 11.3 Å². The van der Waals surface area contributed by atoms with Crippen LogP contribution < -0.4 is 26.8 Å². The highest BCUT2D eigenvalue weighted by atomic mass is 16.5. The monoisotopic (exact) mass is 573 g/mol. The summed E-state index contributed by atoms with van der Waals surface area (Å²) in [5, 5.41) is 15.4. The SMILES string of the molecule is CC(C)Oc1ccc(C(=O)N[C@H](CNC(=O)[C@H](C)N)Cc2ccc(-c3cn(CCN)c(C(C)(C)C)n3)cc2)cc1C#N. The van der Waals surface area contributed by atoms with Crippen LogP contribution >= 0.6 is 0 Å². The molecule has 0 radical (unpaired) electrons. The number of hydrogen-bond acceptors (Lipinski definition) is 7. The van der Waals surface area contributed by atoms with Gasteiger partial charge in [-0.3, -0.25) is 9.59 Å². The quantitative estimate of drug-likeness (QED) is 0.259. The first-order valence-corrected chi connectivity index (χ1v) is 14.2. The van der Waals surface area contributed by atoms with E-state index in [1.165, 1.54) is 6.07 Å². The summed E-state index contributed by atoms with van der Waals surface area (Å²) < 4.78 is 7.78. The summed E-state index contributed by atoms with van der Waals surface area (Å²) in [4.78, 5) is 30.3. The zero-order valence-corrected chi connectivity index (χ0v) is 25.4. The number of aromatic nitrogens is 2. The van der Waals surface area contributed by atoms with E-state index in [0.717, 1.165) is 22.6 Å². The fourth-order valence-corrected chi connectivity index (χ4v) is 4.50. The summed E-state index contributed by atoms with van der Waals surface area (Å²) >= 11 is 0. The van der Waals surface area contributed by atoms with Gasteiger partial charge in [0.05, 0.1) is 29.4 Å². The first-order chi connectivity index (χ1) is 19.8. The number of nitriles is 1. The molecule has 0 bridgehead atoms. The fraction of sp³-hybridized carbons (Fsp3) is 0.438. The van der Waals surface area contributed by atoms with Crippen LogP contribution in [0.1, 0.15) is 68.9 Å². The van der Waals surface area contributed by atoms with E-state index >= 15 is 0 Å². The van der Waals surface area contributed by atoms with E-state index in [1.807, 2.05) is 44.3 Å². The molecule has 10 nitrogen and oxygen atoms in total. The molecule has 10 heteroatoms. The van der Waals surface area contributed by atoms with E-state index in [1.54, 1.807) is 19.1 Å². The number of carbonyl (C=O) groups excluding carboxylic acids is 2. The number of ether oxygens (including phenoxy) is 1. The van der Waals surface area contributed by atoms with Gasteiger partial charge in [0.25, 0.3) is 5.91 Å². The number of nitrogens with one attached hydrogen (secondary N) is 2. The number of rotatable bonds is 12. The molecular weight excluding hydrogens is 530 g/mol. The lowest BCUT2D eigenvalue weighted by atomic mass is 9.95. The van der Waals surface area contributed by atoms with Crippen molar-refractivity contribution in [1.82, 2.24) is 20.2 Å². The normalized spacial score (nSPS) is 12.9. The predicted octanol–water partition coefficient (Wildman–Crippen LogP) is 3.27. The van der Waals surface area contributed by atoms with Gasteiger partial charge in [0, 0.05) is 42.4 Å². The van der Waals surface area contributed by atoms with Gasteiger partial charge in [-0.2, -0.15) is 5.26 Å². The van der Waals surface area contributed by atoms with Crippen molar-refractivity contribution in [3.8, 4) is 23.1 Å². The Labute approximate surface area is 248 Å². The summed E-state index contributed by atoms with van der Waals surface area (Å²) in [5.74, 6) is 0.726. The molecule has 2 amide bonds. The number of amides is 2. The minimum Gasteiger partial charge on any atom is -0.490 e. The maximum Gasteiger partial charge on any atom is 0.251 e. The molecule has 2 aromatic carbocycles. The third-order valence-electron chi connectivity index (χ3n) is 6.55. The Hall–Kier alpha value is -4.20. The molecule has 42 heavy (non-hydrogen) atoms. The molecule has 0 unspecified atom stereocenters. The average molecular weight is 574 g/mol. The molecule has 0 fully saturated rings. The number of hydrogen-bond donors (Lipinski definition) is 4. The zero-order chi connectivity index (χ0) is 31.0. The second-order valence-corrected chi connectivity index (χ2v) is 11.8. The lowest BCUT2D eigenvalue weighted by Gasteiger charge is -2.21. The molecule has 2 atom stereocenters. The Morgan fingerprint density at radius 3 is 2.38 bits per heavy atom. The van der Waals surface area contributed by atoms with Crippen LogP contribution in [0.3, 0.4) is 0 Å². The van der Waals surface area contributed by atoms with Crippen molar-refractivity contribution >= 4 is 11.8 Å². The third-order valence-corrected chi connectivity index (χ3v) is 6.55. The molecule has 3 aromatic rings. The summed E-state index contributed by atoms with van der Waals surface area (Å²) in [6.45, 7) is 13.1. The van der Waals surface area contributed by atoms with E-state index in [-0.39, 0.29) is 35.4 Å². The van der Waals surface area contributed by atoms with Crippen molar-refractivity contribution < 1.29 is 14.3 Å². The number of nitrogens with two attached hydrogens (primary N) is 2. The lowest BCUT2D eigenvalue weighted by Crippen LogP contribution is -2.48. The summed E-state index contributed by atoms with van der Waals surface area (Å²) in [6.07, 6.45) is 2.38. The minimum absolute atomic E-state index is 0.108. The van der Waals surface area contributed by atoms with Crippen molar-refractivity contribution in [3.63, 3.8) is 0 Å². The molecule has 0 spiro atoms. The van der Waals surface area contributed by atoms with Crippen molar-refractivity contribution in [2.45, 2.75) is 78.1 Å². The molecule has 0 aliphatic carbocycles. The zero-order valence-electron chi connectivity index (χ0n) is 25.4. The Bertz CT molecular complexity index is 1410. The Morgan fingerprint density at radius 1 is 1.12 bits per heavy atom. The Morgan fingerprint density at radius 2 is 1.81 bits per heavy atom. The maximum atomic E-state index is 13.2. The molecule has 0 saturated carbocycles. The summed E-state index contributed by atoms with van der Waals surface area (Å²) in [5.41, 5.74) is 14.8. The molecular formula is C32H43N7O3. The van der Waals surface area contributed by atoms with Gasteiger partial charge in [0.2, 0.25) is 5.91 Å². The predicted molar refractivity (Wildman–Crippen MR) is 164 cm³/mol. The van der Waals surface area contributed by atoms with Gasteiger partial charge in [0.15, 0.2) is 0 Å². The van der Waals surface area contributed by atoms with E-state index in [0.29, 0.717) is 30.8 Å². The van der Waals surface area contributed by atoms with Crippen LogP contribution in [-0.2, 0) is 23.2 Å². The number of benzene rings is 2. The van der Waals surface area contributed by atoms with E-state index < -0.39 is 12.1 Å². The maximum absolute atomic E-state index is 13.2. The van der Waals surface area contributed by atoms with Gasteiger partial charge >= 0.3 is 0 Å². The van der Waals surface area contributed by atoms with Crippen molar-refractivity contribution in [2.24, 2.45) is 11.5 Å². The smallest absolute Gasteiger partial charge is 0.251 e. The van der Waals surface area contributed by atoms with Crippen LogP contribution in [0.15, 0.2) is 48.7 Å². The third kappa shape index (κ3) is 8.65. The van der Waals surface area contributed by atoms with E-state index in [9.17, 15) is 14.9 Å². The highest BCUT2D eigenvalue weighted by molar-refractivity contribution is 5.95. The van der Waals surface area contributed by atoms with Crippen LogP contribution in [0.25, 0.3) is 11.3 Å². The second kappa shape index (κ2) is 14.1. The Balaban J connectivity index is 1.81. The fourth-order valence-electron chi connectivity index (χ4n) is 4.50. The van der Waals surface area contributed by atoms with Crippen molar-refractivity contribution in [3.05, 3.63) is 71.2 Å². The second-order valence-electron chi connectivity index (χ2n) is 11.8. The molecule has 1 aromatic heterocycles. The molecule has 1 heterocycles. The topological polar surface area (TPSA) is 161 Å². The van der Waals surface area contributed by atoms with Crippen molar-refractivity contribution in [1.29, 1.82) is 5.26 Å². The largest absolute Gasteiger partial charge is 0.490 e. The highest BCUT2D eigenvalue weighted by Crippen LogP contribution is 2.27. The number of nitrogens with zero attached hydrogens (tertiary/aromatic N) is 3. The van der Waals surface area contributed by atoms with Gasteiger partial charge in [-0.25, -0.2) is 4.98 Å². The van der Waals surface area contributed by atoms with E-state index in [4.69, 9.17) is 21.2 Å². The highest BCUT2D eigenvalue weighted by Gasteiger charge is 2.22. The van der Waals surface area contributed by atoms with E-state index in [2.05, 4.69) is 42.0 Å². The first kappa shape index (κ1) is 32.3. The first-order valence-electron chi connectivity index (χ1n) is 14.2. The van der Waals surface area contributed by atoms with Crippen LogP contribution in [0.4, 0.5) is 0 Å². The summed E-state index contributed by atoms with van der Waals surface area (Å²) in [6, 6.07) is 13.7. The van der Waals surface area contributed by atoms with Crippen molar-refractivity contribution in [2.75, 3.05) is 13.1 Å². The molecule has 224 valence electrons. The number of carbonyl (C=O) groups is 2. The standard InChI is InChI=1S/C32H43N7O3/c1-20(2)42-28-12-11-24(16-25(28)17-34)30(41)37-26(18-36-29(40)21(3)35)15-22-7-9-23(10-8-22)27-19-39(14-13-33)31(38-27)32(4,5)6/h7-12,16,19-21,26H,13-15,18,33,35H2,1-6H3,(H,36,40)(H,37,41)/t21-,26-/m0/s1. The van der Waals surface area contributed by atoms with Gasteiger partial charge in [0.1, 0.15) is 17.6 Å². The van der Waals surface area contributed by atoms with Crippen LogP contribution in [-0.4, -0.2) is 52.6 Å². The average Bonchev–Trinajstić information content (AvgIpc) is 3.36. The van der Waals surface area contributed by atoms with Gasteiger partial charge < -0.3 is 31.4 Å². The van der Waals surface area contributed by atoms with Crippen LogP contribution in [0.5, 0.6) is 5.75 Å². The molecule has 0 aliphatic rings. The van der Waals surface area contributed by atoms with Gasteiger partial charge in [-0.05, 0) is 51.0 Å². The molecule has 6 N–H and O–H groups in total. The number of imidazole rings is 1. The Kier molecular flexibility index (Phi) is 10.9. The lowest BCUT2D eigenvalue weighted by molar-refractivity contribution is -0.122.